The van der Waals surface area contributed by atoms with E-state index < -0.39 is 0 Å². The summed E-state index contributed by atoms with van der Waals surface area (Å²) in [6.07, 6.45) is 6.39. The molecule has 0 aliphatic carbocycles. The van der Waals surface area contributed by atoms with E-state index in [2.05, 4.69) is 57.9 Å². The number of guanidine groups is 1. The van der Waals surface area contributed by atoms with Crippen LogP contribution in [0, 0.1) is 0 Å². The van der Waals surface area contributed by atoms with Crippen LogP contribution >= 0.6 is 24.0 Å². The standard InChI is InChI=1S/C24H37N7O.HI/c1-2-25-23(26-14-9-17-31-24(32)30-16-7-6-13-22(30)28-31)27-18-21-12-8-15-29(21)19-20-10-4-3-5-11-20;/h3-5,10-11,21H,2,6-9,12-19H2,1H3,(H2,25,26,27);1H. The molecule has 0 amide bonds. The molecular formula is C24H38IN7O. The number of aromatic nitrogens is 3. The molecular weight excluding hydrogens is 529 g/mol. The van der Waals surface area contributed by atoms with Crippen molar-refractivity contribution in [2.24, 2.45) is 4.99 Å². The number of likely N-dealkylation sites (tertiary alicyclic amines) is 1. The van der Waals surface area contributed by atoms with E-state index in [1.165, 1.54) is 18.4 Å². The quantitative estimate of drug-likeness (QED) is 0.211. The molecule has 2 aliphatic rings. The van der Waals surface area contributed by atoms with Gasteiger partial charge in [0.25, 0.3) is 0 Å². The van der Waals surface area contributed by atoms with Crippen molar-refractivity contribution in [2.75, 3.05) is 26.2 Å². The summed E-state index contributed by atoms with van der Waals surface area (Å²) in [6.45, 7) is 8.07. The molecule has 1 unspecified atom stereocenters. The molecule has 2 aliphatic heterocycles. The summed E-state index contributed by atoms with van der Waals surface area (Å²) >= 11 is 0. The highest BCUT2D eigenvalue weighted by Crippen LogP contribution is 2.20. The fraction of sp³-hybridized carbons (Fsp3) is 0.625. The normalized spacial score (nSPS) is 18.6. The maximum absolute atomic E-state index is 12.5. The SMILES string of the molecule is CCNC(=NCC1CCCN1Cc1ccccc1)NCCCn1nc2n(c1=O)CCCC2.I. The predicted molar refractivity (Wildman–Crippen MR) is 143 cm³/mol. The van der Waals surface area contributed by atoms with Crippen LogP contribution in [0.4, 0.5) is 0 Å². The number of benzene rings is 1. The number of fused-ring (bicyclic) bond motifs is 1. The summed E-state index contributed by atoms with van der Waals surface area (Å²) in [4.78, 5) is 19.9. The van der Waals surface area contributed by atoms with E-state index in [0.29, 0.717) is 12.6 Å². The Balaban J connectivity index is 0.00000306. The minimum Gasteiger partial charge on any atom is -0.357 e. The molecule has 2 aromatic rings. The average molecular weight is 568 g/mol. The van der Waals surface area contributed by atoms with Gasteiger partial charge in [-0.15, -0.1) is 24.0 Å². The van der Waals surface area contributed by atoms with Crippen LogP contribution in [0.25, 0.3) is 0 Å². The van der Waals surface area contributed by atoms with Gasteiger partial charge < -0.3 is 10.6 Å². The van der Waals surface area contributed by atoms with Gasteiger partial charge in [-0.1, -0.05) is 30.3 Å². The van der Waals surface area contributed by atoms with E-state index in [1.807, 2.05) is 4.57 Å². The summed E-state index contributed by atoms with van der Waals surface area (Å²) in [6, 6.07) is 11.2. The van der Waals surface area contributed by atoms with Crippen molar-refractivity contribution in [3.05, 3.63) is 52.2 Å². The lowest BCUT2D eigenvalue weighted by Crippen LogP contribution is -2.40. The van der Waals surface area contributed by atoms with Crippen LogP contribution in [0.5, 0.6) is 0 Å². The molecule has 0 bridgehead atoms. The van der Waals surface area contributed by atoms with Crippen LogP contribution in [-0.4, -0.2) is 57.4 Å². The number of hydrogen-bond donors (Lipinski definition) is 2. The van der Waals surface area contributed by atoms with Gasteiger partial charge in [0.2, 0.25) is 0 Å². The maximum Gasteiger partial charge on any atom is 0.345 e. The molecule has 0 spiro atoms. The van der Waals surface area contributed by atoms with Gasteiger partial charge in [0.1, 0.15) is 5.82 Å². The smallest absolute Gasteiger partial charge is 0.345 e. The number of nitrogens with one attached hydrogen (secondary N) is 2. The van der Waals surface area contributed by atoms with E-state index >= 15 is 0 Å². The molecule has 2 N–H and O–H groups in total. The molecule has 1 saturated heterocycles. The topological polar surface area (TPSA) is 79.5 Å². The van der Waals surface area contributed by atoms with Gasteiger partial charge in [-0.3, -0.25) is 14.5 Å². The number of halogens is 1. The molecule has 33 heavy (non-hydrogen) atoms. The number of hydrogen-bond acceptors (Lipinski definition) is 4. The highest BCUT2D eigenvalue weighted by molar-refractivity contribution is 14.0. The molecule has 1 aromatic heterocycles. The van der Waals surface area contributed by atoms with Gasteiger partial charge in [0.15, 0.2) is 5.96 Å². The predicted octanol–water partition coefficient (Wildman–Crippen LogP) is 2.61. The van der Waals surface area contributed by atoms with E-state index in [-0.39, 0.29) is 29.7 Å². The van der Waals surface area contributed by atoms with Gasteiger partial charge in [-0.2, -0.15) is 5.10 Å². The Morgan fingerprint density at radius 2 is 2.00 bits per heavy atom. The molecule has 1 atom stereocenters. The van der Waals surface area contributed by atoms with E-state index in [1.54, 1.807) is 4.68 Å². The third-order valence-corrected chi connectivity index (χ3v) is 6.40. The maximum atomic E-state index is 12.5. The number of rotatable bonds is 9. The highest BCUT2D eigenvalue weighted by atomic mass is 127. The summed E-state index contributed by atoms with van der Waals surface area (Å²) in [5.41, 5.74) is 1.41. The second-order valence-electron chi connectivity index (χ2n) is 8.78. The highest BCUT2D eigenvalue weighted by Gasteiger charge is 2.24. The van der Waals surface area contributed by atoms with Gasteiger partial charge in [-0.05, 0) is 51.1 Å². The molecule has 0 saturated carbocycles. The molecule has 4 rings (SSSR count). The Morgan fingerprint density at radius 3 is 2.79 bits per heavy atom. The van der Waals surface area contributed by atoms with Crippen LogP contribution in [0.1, 0.15) is 50.4 Å². The van der Waals surface area contributed by atoms with Crippen LogP contribution in [0.15, 0.2) is 40.1 Å². The second kappa shape index (κ2) is 13.1. The molecule has 8 nitrogen and oxygen atoms in total. The van der Waals surface area contributed by atoms with Gasteiger partial charge in [0, 0.05) is 45.2 Å². The van der Waals surface area contributed by atoms with Gasteiger partial charge in [-0.25, -0.2) is 9.48 Å². The van der Waals surface area contributed by atoms with Gasteiger partial charge in [0.05, 0.1) is 6.54 Å². The zero-order valence-corrected chi connectivity index (χ0v) is 22.0. The summed E-state index contributed by atoms with van der Waals surface area (Å²) < 4.78 is 3.47. The molecule has 9 heteroatoms. The largest absolute Gasteiger partial charge is 0.357 e. The Kier molecular flexibility index (Phi) is 10.2. The second-order valence-corrected chi connectivity index (χ2v) is 8.78. The number of aliphatic imine (C=N–C) groups is 1. The Bertz CT molecular complexity index is 940. The van der Waals surface area contributed by atoms with Gasteiger partial charge >= 0.3 is 5.69 Å². The van der Waals surface area contributed by atoms with Crippen LogP contribution in [0.2, 0.25) is 0 Å². The van der Waals surface area contributed by atoms with Crippen LogP contribution < -0.4 is 16.3 Å². The fourth-order valence-corrected chi connectivity index (χ4v) is 4.70. The van der Waals surface area contributed by atoms with Crippen molar-refractivity contribution >= 4 is 29.9 Å². The first-order valence-corrected chi connectivity index (χ1v) is 12.2. The molecule has 182 valence electrons. The third kappa shape index (κ3) is 7.05. The lowest BCUT2D eigenvalue weighted by molar-refractivity contribution is 0.250. The average Bonchev–Trinajstić information content (AvgIpc) is 3.39. The Hall–Kier alpha value is -1.88. The number of aryl methyl sites for hydroxylation is 2. The Labute approximate surface area is 213 Å². The van der Waals surface area contributed by atoms with Crippen LogP contribution in [0.3, 0.4) is 0 Å². The van der Waals surface area contributed by atoms with E-state index in [9.17, 15) is 4.79 Å². The first-order valence-electron chi connectivity index (χ1n) is 12.2. The van der Waals surface area contributed by atoms with Crippen molar-refractivity contribution in [3.8, 4) is 0 Å². The van der Waals surface area contributed by atoms with Crippen molar-refractivity contribution in [2.45, 2.75) is 71.1 Å². The van der Waals surface area contributed by atoms with Crippen molar-refractivity contribution < 1.29 is 0 Å². The van der Waals surface area contributed by atoms with Crippen LogP contribution in [-0.2, 0) is 26.1 Å². The first-order chi connectivity index (χ1) is 15.7. The monoisotopic (exact) mass is 567 g/mol. The zero-order chi connectivity index (χ0) is 22.2. The van der Waals surface area contributed by atoms with Crippen molar-refractivity contribution in [3.63, 3.8) is 0 Å². The Morgan fingerprint density at radius 1 is 1.15 bits per heavy atom. The molecule has 3 heterocycles. The minimum atomic E-state index is 0. The third-order valence-electron chi connectivity index (χ3n) is 6.40. The molecule has 1 aromatic carbocycles. The molecule has 0 radical (unpaired) electrons. The fourth-order valence-electron chi connectivity index (χ4n) is 4.70. The zero-order valence-electron chi connectivity index (χ0n) is 19.7. The summed E-state index contributed by atoms with van der Waals surface area (Å²) in [7, 11) is 0. The van der Waals surface area contributed by atoms with Crippen molar-refractivity contribution in [1.82, 2.24) is 29.9 Å². The van der Waals surface area contributed by atoms with E-state index in [0.717, 1.165) is 76.7 Å². The summed E-state index contributed by atoms with van der Waals surface area (Å²) in [5, 5.41) is 11.3. The minimum absolute atomic E-state index is 0. The van der Waals surface area contributed by atoms with Crippen molar-refractivity contribution in [1.29, 1.82) is 0 Å². The summed E-state index contributed by atoms with van der Waals surface area (Å²) in [5.74, 6) is 1.80. The molecule has 1 fully saturated rings. The first kappa shape index (κ1) is 25.7. The lowest BCUT2D eigenvalue weighted by Gasteiger charge is -2.23. The lowest BCUT2D eigenvalue weighted by atomic mass is 10.2. The van der Waals surface area contributed by atoms with E-state index in [4.69, 9.17) is 4.99 Å². The number of nitrogens with zero attached hydrogens (tertiary/aromatic N) is 5.